The van der Waals surface area contributed by atoms with Gasteiger partial charge in [0.25, 0.3) is 0 Å². The Bertz CT molecular complexity index is 437. The Balaban J connectivity index is 2.57. The lowest BCUT2D eigenvalue weighted by Gasteiger charge is -1.95. The van der Waals surface area contributed by atoms with Crippen LogP contribution in [0.25, 0.3) is 11.4 Å². The molecule has 3 nitrogen and oxygen atoms in total. The molecule has 0 aliphatic heterocycles. The van der Waals surface area contributed by atoms with Crippen molar-refractivity contribution in [1.82, 2.24) is 14.8 Å². The Morgan fingerprint density at radius 1 is 1.67 bits per heavy atom. The van der Waals surface area contributed by atoms with Gasteiger partial charge in [0.1, 0.15) is 0 Å². The van der Waals surface area contributed by atoms with E-state index in [2.05, 4.69) is 10.1 Å². The van der Waals surface area contributed by atoms with Crippen molar-refractivity contribution in [3.8, 4) is 11.4 Å². The molecule has 12 heavy (non-hydrogen) atoms. The van der Waals surface area contributed by atoms with E-state index in [4.69, 9.17) is 12.2 Å². The Morgan fingerprint density at radius 2 is 2.50 bits per heavy atom. The Hall–Kier alpha value is -0.940. The third-order valence-corrected chi connectivity index (χ3v) is 2.68. The quantitative estimate of drug-likeness (QED) is 0.711. The van der Waals surface area contributed by atoms with E-state index in [-0.39, 0.29) is 0 Å². The number of rotatable bonds is 1. The number of H-pyrrole nitrogens is 1. The van der Waals surface area contributed by atoms with Crippen LogP contribution in [0.1, 0.15) is 0 Å². The van der Waals surface area contributed by atoms with Crippen molar-refractivity contribution < 1.29 is 0 Å². The minimum atomic E-state index is 0.797. The molecule has 0 atom stereocenters. The number of nitrogens with zero attached hydrogens (tertiary/aromatic N) is 2. The number of aromatic nitrogens is 3. The van der Waals surface area contributed by atoms with Crippen LogP contribution in [0.4, 0.5) is 0 Å². The highest BCUT2D eigenvalue weighted by Gasteiger charge is 2.02. The Morgan fingerprint density at radius 3 is 3.00 bits per heavy atom. The molecule has 0 aliphatic rings. The number of aromatic amines is 1. The van der Waals surface area contributed by atoms with E-state index in [9.17, 15) is 0 Å². The standard InChI is InChI=1S/C7H7N3S2/c1-10-6(2-3-8-10)5-4-12-7(11)9-5/h2-4H,1H3,(H,9,11). The second-order valence-corrected chi connectivity index (χ2v) is 3.95. The van der Waals surface area contributed by atoms with Gasteiger partial charge in [0.05, 0.1) is 11.4 Å². The van der Waals surface area contributed by atoms with E-state index in [0.717, 1.165) is 15.3 Å². The molecular weight excluding hydrogens is 190 g/mol. The van der Waals surface area contributed by atoms with Crippen molar-refractivity contribution in [3.05, 3.63) is 21.6 Å². The summed E-state index contributed by atoms with van der Waals surface area (Å²) in [4.78, 5) is 3.09. The van der Waals surface area contributed by atoms with Crippen LogP contribution in [-0.4, -0.2) is 14.8 Å². The van der Waals surface area contributed by atoms with Gasteiger partial charge in [-0.15, -0.1) is 11.3 Å². The molecule has 0 saturated carbocycles. The minimum Gasteiger partial charge on any atom is -0.336 e. The Labute approximate surface area is 78.7 Å². The third kappa shape index (κ3) is 1.21. The van der Waals surface area contributed by atoms with Gasteiger partial charge < -0.3 is 4.98 Å². The molecule has 0 aromatic carbocycles. The summed E-state index contributed by atoms with van der Waals surface area (Å²) in [7, 11) is 1.91. The van der Waals surface area contributed by atoms with Gasteiger partial charge in [-0.1, -0.05) is 0 Å². The molecule has 0 bridgehead atoms. The zero-order chi connectivity index (χ0) is 8.55. The van der Waals surface area contributed by atoms with Crippen LogP contribution in [0.5, 0.6) is 0 Å². The maximum atomic E-state index is 4.98. The minimum absolute atomic E-state index is 0.797. The van der Waals surface area contributed by atoms with Crippen LogP contribution in [0, 0.1) is 3.95 Å². The first-order valence-corrected chi connectivity index (χ1v) is 4.72. The molecule has 2 heterocycles. The maximum Gasteiger partial charge on any atom is 0.158 e. The monoisotopic (exact) mass is 197 g/mol. The Kier molecular flexibility index (Phi) is 1.82. The first kappa shape index (κ1) is 7.70. The molecule has 0 radical (unpaired) electrons. The van der Waals surface area contributed by atoms with Gasteiger partial charge in [-0.3, -0.25) is 4.68 Å². The SMILES string of the molecule is Cn1nccc1-c1csc(=S)[nH]1. The van der Waals surface area contributed by atoms with Crippen molar-refractivity contribution in [1.29, 1.82) is 0 Å². The second-order valence-electron chi connectivity index (χ2n) is 2.40. The number of nitrogens with one attached hydrogen (secondary N) is 1. The van der Waals surface area contributed by atoms with E-state index in [1.807, 2.05) is 23.2 Å². The number of thiazole rings is 1. The smallest absolute Gasteiger partial charge is 0.158 e. The second kappa shape index (κ2) is 2.84. The summed E-state index contributed by atoms with van der Waals surface area (Å²) in [6.07, 6.45) is 1.77. The zero-order valence-electron chi connectivity index (χ0n) is 6.44. The van der Waals surface area contributed by atoms with E-state index >= 15 is 0 Å². The summed E-state index contributed by atoms with van der Waals surface area (Å²) in [5, 5.41) is 6.07. The summed E-state index contributed by atoms with van der Waals surface area (Å²) in [5.74, 6) is 0. The van der Waals surface area contributed by atoms with Crippen molar-refractivity contribution in [2.24, 2.45) is 7.05 Å². The van der Waals surface area contributed by atoms with Crippen LogP contribution >= 0.6 is 23.6 Å². The molecule has 2 aromatic rings. The molecule has 2 rings (SSSR count). The van der Waals surface area contributed by atoms with Crippen molar-refractivity contribution in [3.63, 3.8) is 0 Å². The molecule has 0 unspecified atom stereocenters. The van der Waals surface area contributed by atoms with Gasteiger partial charge in [0.2, 0.25) is 0 Å². The zero-order valence-corrected chi connectivity index (χ0v) is 8.08. The molecule has 2 aromatic heterocycles. The summed E-state index contributed by atoms with van der Waals surface area (Å²) in [6, 6.07) is 1.95. The number of aryl methyl sites for hydroxylation is 1. The fraction of sp³-hybridized carbons (Fsp3) is 0.143. The number of hydrogen-bond donors (Lipinski definition) is 1. The molecule has 0 fully saturated rings. The average Bonchev–Trinajstić information content (AvgIpc) is 2.58. The van der Waals surface area contributed by atoms with E-state index < -0.39 is 0 Å². The van der Waals surface area contributed by atoms with Gasteiger partial charge in [-0.2, -0.15) is 5.10 Å². The van der Waals surface area contributed by atoms with Gasteiger partial charge >= 0.3 is 0 Å². The highest BCUT2D eigenvalue weighted by molar-refractivity contribution is 7.73. The fourth-order valence-corrected chi connectivity index (χ4v) is 1.87. The van der Waals surface area contributed by atoms with Gasteiger partial charge in [-0.25, -0.2) is 0 Å². The van der Waals surface area contributed by atoms with Crippen molar-refractivity contribution in [2.75, 3.05) is 0 Å². The highest BCUT2D eigenvalue weighted by Crippen LogP contribution is 2.18. The van der Waals surface area contributed by atoms with Gasteiger partial charge in [0.15, 0.2) is 3.95 Å². The van der Waals surface area contributed by atoms with E-state index in [1.165, 1.54) is 11.3 Å². The highest BCUT2D eigenvalue weighted by atomic mass is 32.1. The van der Waals surface area contributed by atoms with Crippen molar-refractivity contribution in [2.45, 2.75) is 0 Å². The molecule has 62 valence electrons. The molecule has 5 heteroatoms. The third-order valence-electron chi connectivity index (χ3n) is 1.62. The molecule has 0 amide bonds. The molecule has 0 spiro atoms. The maximum absolute atomic E-state index is 4.98. The van der Waals surface area contributed by atoms with E-state index in [1.54, 1.807) is 6.20 Å². The van der Waals surface area contributed by atoms with Gasteiger partial charge in [-0.05, 0) is 18.3 Å². The first-order valence-electron chi connectivity index (χ1n) is 3.43. The predicted octanol–water partition coefficient (Wildman–Crippen LogP) is 2.21. The lowest BCUT2D eigenvalue weighted by atomic mass is 10.3. The average molecular weight is 197 g/mol. The predicted molar refractivity (Wildman–Crippen MR) is 51.7 cm³/mol. The van der Waals surface area contributed by atoms with Crippen LogP contribution in [0.15, 0.2) is 17.6 Å². The molecule has 1 N–H and O–H groups in total. The van der Waals surface area contributed by atoms with Crippen LogP contribution in [-0.2, 0) is 7.05 Å². The summed E-state index contributed by atoms with van der Waals surface area (Å²) in [5.41, 5.74) is 2.09. The summed E-state index contributed by atoms with van der Waals surface area (Å²) >= 11 is 6.51. The lowest BCUT2D eigenvalue weighted by molar-refractivity contribution is 0.774. The first-order chi connectivity index (χ1) is 5.77. The van der Waals surface area contributed by atoms with Gasteiger partial charge in [0, 0.05) is 18.6 Å². The topological polar surface area (TPSA) is 33.6 Å². The fourth-order valence-electron chi connectivity index (χ4n) is 1.04. The van der Waals surface area contributed by atoms with Crippen LogP contribution < -0.4 is 0 Å². The van der Waals surface area contributed by atoms with Crippen LogP contribution in [0.2, 0.25) is 0 Å². The molecular formula is C7H7N3S2. The molecule has 0 aliphatic carbocycles. The molecule has 0 saturated heterocycles. The summed E-state index contributed by atoms with van der Waals surface area (Å²) in [6.45, 7) is 0. The van der Waals surface area contributed by atoms with Crippen LogP contribution in [0.3, 0.4) is 0 Å². The lowest BCUT2D eigenvalue weighted by Crippen LogP contribution is -1.92. The van der Waals surface area contributed by atoms with Crippen molar-refractivity contribution >= 4 is 23.6 Å². The normalized spacial score (nSPS) is 10.4. The van der Waals surface area contributed by atoms with E-state index in [0.29, 0.717) is 0 Å². The number of hydrogen-bond acceptors (Lipinski definition) is 3. The summed E-state index contributed by atoms with van der Waals surface area (Å²) < 4.78 is 2.61. The largest absolute Gasteiger partial charge is 0.336 e.